The molecule has 0 heterocycles. The highest BCUT2D eigenvalue weighted by Gasteiger charge is 2.12. The van der Waals surface area contributed by atoms with Gasteiger partial charge in [-0.25, -0.2) is 0 Å². The van der Waals surface area contributed by atoms with E-state index in [0.717, 1.165) is 24.3 Å². The van der Waals surface area contributed by atoms with Crippen LogP contribution in [0.5, 0.6) is 0 Å². The molecule has 0 aliphatic heterocycles. The molecule has 1 amide bonds. The van der Waals surface area contributed by atoms with Crippen LogP contribution in [0.3, 0.4) is 0 Å². The van der Waals surface area contributed by atoms with Crippen molar-refractivity contribution in [3.8, 4) is 0 Å². The summed E-state index contributed by atoms with van der Waals surface area (Å²) in [5, 5.41) is 2.91. The molecule has 2 rings (SSSR count). The van der Waals surface area contributed by atoms with E-state index in [-0.39, 0.29) is 11.2 Å². The van der Waals surface area contributed by atoms with Gasteiger partial charge in [0.15, 0.2) is 0 Å². The van der Waals surface area contributed by atoms with Crippen molar-refractivity contribution in [1.82, 2.24) is 0 Å². The van der Waals surface area contributed by atoms with Crippen LogP contribution in [-0.2, 0) is 11.2 Å². The van der Waals surface area contributed by atoms with Crippen LogP contribution in [0.4, 0.5) is 5.69 Å². The summed E-state index contributed by atoms with van der Waals surface area (Å²) in [6.07, 6.45) is 2.17. The van der Waals surface area contributed by atoms with Crippen molar-refractivity contribution >= 4 is 23.4 Å². The van der Waals surface area contributed by atoms with Gasteiger partial charge >= 0.3 is 0 Å². The zero-order chi connectivity index (χ0) is 14.9. The van der Waals surface area contributed by atoms with E-state index in [1.54, 1.807) is 11.8 Å². The first-order valence-corrected chi connectivity index (χ1v) is 8.32. The number of hydrogen-bond acceptors (Lipinski definition) is 2. The third-order valence-electron chi connectivity index (χ3n) is 3.23. The van der Waals surface area contributed by atoms with E-state index in [4.69, 9.17) is 0 Å². The third-order valence-corrected chi connectivity index (χ3v) is 4.47. The van der Waals surface area contributed by atoms with Gasteiger partial charge < -0.3 is 5.32 Å². The van der Waals surface area contributed by atoms with E-state index in [1.165, 1.54) is 5.56 Å². The fourth-order valence-corrected chi connectivity index (χ4v) is 2.90. The number of thioether (sulfide) groups is 1. The molecule has 0 bridgehead atoms. The second-order valence-electron chi connectivity index (χ2n) is 4.96. The normalized spacial score (nSPS) is 11.9. The summed E-state index contributed by atoms with van der Waals surface area (Å²) in [5.74, 6) is 1.07. The van der Waals surface area contributed by atoms with Crippen molar-refractivity contribution in [2.75, 3.05) is 11.1 Å². The monoisotopic (exact) mass is 299 g/mol. The molecule has 2 aromatic carbocycles. The Bertz CT molecular complexity index is 542. The maximum atomic E-state index is 12.0. The standard InChI is InChI=1S/C18H21NOS/c1-15(18(20)19-17-12-6-3-7-13-17)21-14-8-11-16-9-4-2-5-10-16/h2-7,9-10,12-13,15H,8,11,14H2,1H3,(H,19,20). The van der Waals surface area contributed by atoms with Gasteiger partial charge in [0, 0.05) is 5.69 Å². The van der Waals surface area contributed by atoms with Crippen molar-refractivity contribution in [2.24, 2.45) is 0 Å². The van der Waals surface area contributed by atoms with Crippen molar-refractivity contribution in [1.29, 1.82) is 0 Å². The lowest BCUT2D eigenvalue weighted by Gasteiger charge is -2.12. The number of carbonyl (C=O) groups excluding carboxylic acids is 1. The van der Waals surface area contributed by atoms with Gasteiger partial charge in [0.05, 0.1) is 5.25 Å². The minimum absolute atomic E-state index is 0.0269. The predicted molar refractivity (Wildman–Crippen MR) is 91.8 cm³/mol. The first-order chi connectivity index (χ1) is 10.3. The molecular formula is C18H21NOS. The summed E-state index contributed by atoms with van der Waals surface area (Å²) in [6.45, 7) is 1.96. The highest BCUT2D eigenvalue weighted by atomic mass is 32.2. The first-order valence-electron chi connectivity index (χ1n) is 7.27. The molecule has 110 valence electrons. The van der Waals surface area contributed by atoms with Gasteiger partial charge in [-0.1, -0.05) is 48.5 Å². The largest absolute Gasteiger partial charge is 0.325 e. The van der Waals surface area contributed by atoms with E-state index in [9.17, 15) is 4.79 Å². The smallest absolute Gasteiger partial charge is 0.237 e. The minimum atomic E-state index is -0.0269. The summed E-state index contributed by atoms with van der Waals surface area (Å²) in [5.41, 5.74) is 2.22. The van der Waals surface area contributed by atoms with Crippen LogP contribution < -0.4 is 5.32 Å². The van der Waals surface area contributed by atoms with Crippen molar-refractivity contribution in [2.45, 2.75) is 25.0 Å². The molecule has 2 aromatic rings. The maximum absolute atomic E-state index is 12.0. The zero-order valence-corrected chi connectivity index (χ0v) is 13.1. The summed E-state index contributed by atoms with van der Waals surface area (Å²) in [6, 6.07) is 20.1. The summed E-state index contributed by atoms with van der Waals surface area (Å²) in [4.78, 5) is 12.0. The lowest BCUT2D eigenvalue weighted by Crippen LogP contribution is -2.22. The van der Waals surface area contributed by atoms with Gasteiger partial charge in [0.25, 0.3) is 0 Å². The molecular weight excluding hydrogens is 278 g/mol. The van der Waals surface area contributed by atoms with Gasteiger partial charge in [0.2, 0.25) is 5.91 Å². The first kappa shape index (κ1) is 15.6. The Morgan fingerprint density at radius 3 is 2.33 bits per heavy atom. The summed E-state index contributed by atoms with van der Waals surface area (Å²) >= 11 is 1.71. The van der Waals surface area contributed by atoms with Gasteiger partial charge in [-0.15, -0.1) is 11.8 Å². The zero-order valence-electron chi connectivity index (χ0n) is 12.3. The molecule has 2 nitrogen and oxygen atoms in total. The van der Waals surface area contributed by atoms with Crippen LogP contribution in [0.25, 0.3) is 0 Å². The van der Waals surface area contributed by atoms with Crippen molar-refractivity contribution in [3.63, 3.8) is 0 Å². The number of nitrogens with one attached hydrogen (secondary N) is 1. The van der Waals surface area contributed by atoms with Gasteiger partial charge in [0.1, 0.15) is 0 Å². The molecule has 21 heavy (non-hydrogen) atoms. The minimum Gasteiger partial charge on any atom is -0.325 e. The van der Waals surface area contributed by atoms with Crippen LogP contribution in [0, 0.1) is 0 Å². The fraction of sp³-hybridized carbons (Fsp3) is 0.278. The number of amides is 1. The number of rotatable bonds is 7. The van der Waals surface area contributed by atoms with Crippen LogP contribution in [0.2, 0.25) is 0 Å². The second-order valence-corrected chi connectivity index (χ2v) is 6.41. The number of anilines is 1. The second kappa shape index (κ2) is 8.53. The molecule has 1 N–H and O–H groups in total. The lowest BCUT2D eigenvalue weighted by atomic mass is 10.1. The molecule has 0 saturated carbocycles. The Hall–Kier alpha value is -1.74. The fourth-order valence-electron chi connectivity index (χ4n) is 2.02. The molecule has 0 aromatic heterocycles. The highest BCUT2D eigenvalue weighted by molar-refractivity contribution is 8.00. The Morgan fingerprint density at radius 2 is 1.67 bits per heavy atom. The van der Waals surface area contributed by atoms with E-state index < -0.39 is 0 Å². The Balaban J connectivity index is 1.67. The number of para-hydroxylation sites is 1. The van der Waals surface area contributed by atoms with Crippen molar-refractivity contribution in [3.05, 3.63) is 66.2 Å². The topological polar surface area (TPSA) is 29.1 Å². The Morgan fingerprint density at radius 1 is 1.05 bits per heavy atom. The molecule has 1 unspecified atom stereocenters. The summed E-state index contributed by atoms with van der Waals surface area (Å²) in [7, 11) is 0. The highest BCUT2D eigenvalue weighted by Crippen LogP contribution is 2.16. The van der Waals surface area contributed by atoms with E-state index in [0.29, 0.717) is 0 Å². The Labute approximate surface area is 131 Å². The predicted octanol–water partition coefficient (Wildman–Crippen LogP) is 4.38. The van der Waals surface area contributed by atoms with Crippen LogP contribution in [0.1, 0.15) is 18.9 Å². The molecule has 1 atom stereocenters. The molecule has 0 fully saturated rings. The van der Waals surface area contributed by atoms with E-state index in [2.05, 4.69) is 29.6 Å². The number of benzene rings is 2. The molecule has 0 saturated heterocycles. The quantitative estimate of drug-likeness (QED) is 0.769. The molecule has 0 aliphatic rings. The third kappa shape index (κ3) is 5.64. The number of hydrogen-bond donors (Lipinski definition) is 1. The van der Waals surface area contributed by atoms with Gasteiger partial charge in [-0.3, -0.25) is 4.79 Å². The molecule has 0 radical (unpaired) electrons. The van der Waals surface area contributed by atoms with E-state index >= 15 is 0 Å². The maximum Gasteiger partial charge on any atom is 0.237 e. The van der Waals surface area contributed by atoms with Crippen LogP contribution in [-0.4, -0.2) is 16.9 Å². The Kier molecular flexibility index (Phi) is 6.35. The van der Waals surface area contributed by atoms with Crippen LogP contribution in [0.15, 0.2) is 60.7 Å². The number of aryl methyl sites for hydroxylation is 1. The van der Waals surface area contributed by atoms with Gasteiger partial charge in [-0.05, 0) is 43.2 Å². The number of carbonyl (C=O) groups is 1. The van der Waals surface area contributed by atoms with Gasteiger partial charge in [-0.2, -0.15) is 0 Å². The van der Waals surface area contributed by atoms with Crippen LogP contribution >= 0.6 is 11.8 Å². The molecule has 0 aliphatic carbocycles. The molecule has 0 spiro atoms. The molecule has 3 heteroatoms. The average molecular weight is 299 g/mol. The lowest BCUT2D eigenvalue weighted by molar-refractivity contribution is -0.115. The summed E-state index contributed by atoms with van der Waals surface area (Å²) < 4.78 is 0. The van der Waals surface area contributed by atoms with E-state index in [1.807, 2.05) is 43.3 Å². The van der Waals surface area contributed by atoms with Crippen molar-refractivity contribution < 1.29 is 4.79 Å². The average Bonchev–Trinajstić information content (AvgIpc) is 2.53. The SMILES string of the molecule is CC(SCCCc1ccccc1)C(=O)Nc1ccccc1.